The third-order valence-corrected chi connectivity index (χ3v) is 14.2. The van der Waals surface area contributed by atoms with E-state index in [0.717, 1.165) is 6.42 Å². The zero-order valence-electron chi connectivity index (χ0n) is 28.4. The number of esters is 1. The number of carbonyl (C=O) groups excluding carboxylic acids is 1. The first kappa shape index (κ1) is 36.6. The summed E-state index contributed by atoms with van der Waals surface area (Å²) in [7, 11) is -5.18. The Kier molecular flexibility index (Phi) is 9.14. The molecule has 0 heterocycles. The Balaban J connectivity index is 1.69. The number of rotatable bonds is 8. The highest BCUT2D eigenvalue weighted by Gasteiger charge is 2.75. The number of aliphatic hydroxyl groups excluding tert-OH is 4. The number of carboxylic acids is 1. The molecule has 47 heavy (non-hydrogen) atoms. The first-order valence-electron chi connectivity index (χ1n) is 16.8. The van der Waals surface area contributed by atoms with Crippen molar-refractivity contribution < 1.29 is 58.7 Å². The topological polar surface area (TPSA) is 211 Å². The molecule has 0 saturated heterocycles. The van der Waals surface area contributed by atoms with Gasteiger partial charge in [0.1, 0.15) is 12.7 Å². The van der Waals surface area contributed by atoms with Crippen molar-refractivity contribution >= 4 is 19.8 Å². The van der Waals surface area contributed by atoms with Crippen LogP contribution in [0.4, 0.5) is 0 Å². The van der Waals surface area contributed by atoms with E-state index in [2.05, 4.69) is 33.8 Å². The van der Waals surface area contributed by atoms with Crippen molar-refractivity contribution in [2.24, 2.45) is 56.7 Å². The van der Waals surface area contributed by atoms with E-state index in [1.54, 1.807) is 13.8 Å². The minimum absolute atomic E-state index is 0.0644. The smallest absolute Gasteiger partial charge is 0.469 e. The molecule has 13 heteroatoms. The van der Waals surface area contributed by atoms with E-state index in [1.165, 1.54) is 12.5 Å². The maximum Gasteiger partial charge on any atom is 0.469 e. The second-order valence-electron chi connectivity index (χ2n) is 16.3. The quantitative estimate of drug-likeness (QED) is 0.112. The van der Waals surface area contributed by atoms with Gasteiger partial charge < -0.3 is 40.1 Å². The van der Waals surface area contributed by atoms with Crippen LogP contribution in [0.15, 0.2) is 23.3 Å². The first-order valence-corrected chi connectivity index (χ1v) is 18.3. The van der Waals surface area contributed by atoms with Crippen molar-refractivity contribution in [3.05, 3.63) is 23.3 Å². The lowest BCUT2D eigenvalue weighted by atomic mass is 9.35. The predicted molar refractivity (Wildman–Crippen MR) is 169 cm³/mol. The van der Waals surface area contributed by atoms with E-state index in [4.69, 9.17) is 9.26 Å². The number of phosphoric acid groups is 1. The largest absolute Gasteiger partial charge is 0.481 e. The molecule has 266 valence electrons. The summed E-state index contributed by atoms with van der Waals surface area (Å²) in [6.45, 7) is 12.8. The number of phosphoric ester groups is 1. The van der Waals surface area contributed by atoms with E-state index in [0.29, 0.717) is 30.8 Å². The van der Waals surface area contributed by atoms with Gasteiger partial charge in [-0.1, -0.05) is 64.8 Å². The van der Waals surface area contributed by atoms with Crippen molar-refractivity contribution in [1.82, 2.24) is 0 Å². The van der Waals surface area contributed by atoms with Crippen LogP contribution in [-0.2, 0) is 23.4 Å². The van der Waals surface area contributed by atoms with Crippen LogP contribution in [0.25, 0.3) is 0 Å². The molecule has 0 aromatic carbocycles. The predicted octanol–water partition coefficient (Wildman–Crippen LogP) is 3.19. The molecule has 0 radical (unpaired) electrons. The van der Waals surface area contributed by atoms with E-state index in [9.17, 15) is 49.5 Å². The fraction of sp³-hybridized carbons (Fsp3) is 0.824. The third-order valence-electron chi connectivity index (χ3n) is 13.7. The average molecular weight is 685 g/mol. The molecule has 0 spiro atoms. The Hall–Kier alpha value is -1.63. The summed E-state index contributed by atoms with van der Waals surface area (Å²) in [6, 6.07) is 0. The Morgan fingerprint density at radius 3 is 2.17 bits per heavy atom. The fourth-order valence-corrected chi connectivity index (χ4v) is 11.5. The summed E-state index contributed by atoms with van der Waals surface area (Å²) in [5.74, 6) is -3.52. The van der Waals surface area contributed by atoms with Gasteiger partial charge in [-0.15, -0.1) is 0 Å². The lowest BCUT2D eigenvalue weighted by Gasteiger charge is -2.69. The number of hydrogen-bond donors (Lipinski definition) is 7. The van der Waals surface area contributed by atoms with Crippen LogP contribution in [0, 0.1) is 56.7 Å². The van der Waals surface area contributed by atoms with E-state index < -0.39 is 83.7 Å². The lowest BCUT2D eigenvalue weighted by molar-refractivity contribution is -0.265. The number of allylic oxidation sites excluding steroid dienone is 2. The summed E-state index contributed by atoms with van der Waals surface area (Å²) in [5.41, 5.74) is -4.06. The summed E-state index contributed by atoms with van der Waals surface area (Å²) in [5, 5.41) is 56.5. The van der Waals surface area contributed by atoms with Crippen molar-refractivity contribution in [2.45, 2.75) is 105 Å². The summed E-state index contributed by atoms with van der Waals surface area (Å²) >= 11 is 0. The zero-order chi connectivity index (χ0) is 35.3. The molecule has 3 saturated carbocycles. The van der Waals surface area contributed by atoms with Gasteiger partial charge in [-0.2, -0.15) is 0 Å². The minimum Gasteiger partial charge on any atom is -0.481 e. The van der Waals surface area contributed by atoms with E-state index in [-0.39, 0.29) is 30.8 Å². The van der Waals surface area contributed by atoms with Crippen molar-refractivity contribution in [1.29, 1.82) is 0 Å². The molecule has 0 amide bonds. The molecule has 7 N–H and O–H groups in total. The Bertz CT molecular complexity index is 1400. The standard InChI is InChI=1S/C34H53O12P/c1-17(2)19-8-9-23-31(6)11-10-20-21(30(31,5)12-13-33(19,23)15-45-28(39)18(3)4)14-22(35)25-32(7,29(40)41)26(37)24(36)27(38)34(20,25)16-46-47(42,43)44/h9-10,17-19,21-22,24-27,35-38H,8,11-16H2,1-7H3,(H,40,41)(H2,42,43,44). The second-order valence-corrected chi connectivity index (χ2v) is 17.6. The average Bonchev–Trinajstić information content (AvgIpc) is 3.38. The summed E-state index contributed by atoms with van der Waals surface area (Å²) in [4.78, 5) is 45.2. The maximum absolute atomic E-state index is 12.9. The Morgan fingerprint density at radius 2 is 1.62 bits per heavy atom. The van der Waals surface area contributed by atoms with E-state index in [1.807, 2.05) is 6.08 Å². The maximum atomic E-state index is 12.9. The van der Waals surface area contributed by atoms with Gasteiger partial charge in [0.15, 0.2) is 0 Å². The van der Waals surface area contributed by atoms with Crippen LogP contribution < -0.4 is 0 Å². The second kappa shape index (κ2) is 11.7. The minimum atomic E-state index is -5.18. The van der Waals surface area contributed by atoms with Crippen LogP contribution in [-0.4, -0.2) is 84.9 Å². The van der Waals surface area contributed by atoms with Gasteiger partial charge in [0, 0.05) is 11.3 Å². The van der Waals surface area contributed by atoms with Gasteiger partial charge in [-0.25, -0.2) is 4.57 Å². The van der Waals surface area contributed by atoms with Gasteiger partial charge in [0.05, 0.1) is 41.7 Å². The SMILES string of the molecule is CC(C)C(=O)OCC12CCC3(C)C4CC(O)C5C(C)(C(=O)O)C(O)C(O)C(O)C5(COP(=O)(O)O)C4=CCC3(C)C1=CCC2C(C)C. The van der Waals surface area contributed by atoms with Crippen LogP contribution >= 0.6 is 7.82 Å². The first-order chi connectivity index (χ1) is 21.6. The van der Waals surface area contributed by atoms with Crippen molar-refractivity contribution in [2.75, 3.05) is 13.2 Å². The van der Waals surface area contributed by atoms with Crippen LogP contribution in [0.5, 0.6) is 0 Å². The number of carbonyl (C=O) groups is 2. The molecule has 3 fully saturated rings. The number of ether oxygens (including phenoxy) is 1. The molecule has 5 aliphatic carbocycles. The Morgan fingerprint density at radius 1 is 0.979 bits per heavy atom. The molecule has 12 atom stereocenters. The Labute approximate surface area is 276 Å². The molecule has 5 rings (SSSR count). The van der Waals surface area contributed by atoms with Crippen LogP contribution in [0.1, 0.15) is 80.6 Å². The van der Waals surface area contributed by atoms with Crippen LogP contribution in [0.3, 0.4) is 0 Å². The molecular formula is C34H53O12P. The number of fused-ring (bicyclic) bond motifs is 7. The van der Waals surface area contributed by atoms with Gasteiger partial charge in [-0.3, -0.25) is 14.1 Å². The molecule has 0 aromatic rings. The van der Waals surface area contributed by atoms with Crippen molar-refractivity contribution in [3.63, 3.8) is 0 Å². The number of aliphatic hydroxyl groups is 4. The number of aliphatic carboxylic acids is 1. The van der Waals surface area contributed by atoms with Crippen LogP contribution in [0.2, 0.25) is 0 Å². The zero-order valence-corrected chi connectivity index (χ0v) is 29.3. The highest BCUT2D eigenvalue weighted by Crippen LogP contribution is 2.75. The number of hydrogen-bond acceptors (Lipinski definition) is 9. The molecule has 0 bridgehead atoms. The normalized spacial score (nSPS) is 46.1. The summed E-state index contributed by atoms with van der Waals surface area (Å²) < 4.78 is 23.1. The van der Waals surface area contributed by atoms with Gasteiger partial charge >= 0.3 is 19.8 Å². The van der Waals surface area contributed by atoms with E-state index >= 15 is 0 Å². The lowest BCUT2D eigenvalue weighted by Crippen LogP contribution is -2.75. The third kappa shape index (κ3) is 4.99. The molecular weight excluding hydrogens is 631 g/mol. The molecule has 5 aliphatic rings. The molecule has 0 aromatic heterocycles. The van der Waals surface area contributed by atoms with Crippen molar-refractivity contribution in [3.8, 4) is 0 Å². The van der Waals surface area contributed by atoms with Gasteiger partial charge in [0.2, 0.25) is 0 Å². The van der Waals surface area contributed by atoms with Gasteiger partial charge in [-0.05, 0) is 67.6 Å². The molecule has 12 nitrogen and oxygen atoms in total. The fourth-order valence-electron chi connectivity index (χ4n) is 11.1. The summed E-state index contributed by atoms with van der Waals surface area (Å²) in [6.07, 6.45) is -0.637. The monoisotopic (exact) mass is 684 g/mol. The number of carboxylic acid groups (broad SMARTS) is 1. The molecule has 12 unspecified atom stereocenters. The molecule has 0 aliphatic heterocycles. The highest BCUT2D eigenvalue weighted by molar-refractivity contribution is 7.46. The highest BCUT2D eigenvalue weighted by atomic mass is 31.2. The van der Waals surface area contributed by atoms with Gasteiger partial charge in [0.25, 0.3) is 0 Å².